The second kappa shape index (κ2) is 9.24. The number of aryl methyl sites for hydroxylation is 2. The molecule has 148 valence electrons. The van der Waals surface area contributed by atoms with Gasteiger partial charge in [-0.05, 0) is 56.9 Å². The van der Waals surface area contributed by atoms with Gasteiger partial charge in [0.1, 0.15) is 0 Å². The fraction of sp³-hybridized carbons (Fsp3) is 0.391. The van der Waals surface area contributed by atoms with Gasteiger partial charge in [-0.3, -0.25) is 9.59 Å². The number of hydrogen-bond donors (Lipinski definition) is 1. The van der Waals surface area contributed by atoms with E-state index in [1.54, 1.807) is 0 Å². The Balaban J connectivity index is 1.55. The van der Waals surface area contributed by atoms with Gasteiger partial charge in [-0.15, -0.1) is 0 Å². The minimum absolute atomic E-state index is 0.0142. The summed E-state index contributed by atoms with van der Waals surface area (Å²) in [6.07, 6.45) is 2.36. The number of rotatable bonds is 5. The Morgan fingerprint density at radius 3 is 2.57 bits per heavy atom. The molecule has 1 aliphatic rings. The molecule has 1 saturated heterocycles. The SMILES string of the molecule is Cc1cc(C)cc(C(=O)N2CCCC(C(=O)NCCc3ccccc3Cl)C2)c1. The lowest BCUT2D eigenvalue weighted by Crippen LogP contribution is -2.45. The number of hydrogen-bond acceptors (Lipinski definition) is 2. The quantitative estimate of drug-likeness (QED) is 0.821. The van der Waals surface area contributed by atoms with E-state index in [4.69, 9.17) is 11.6 Å². The smallest absolute Gasteiger partial charge is 0.253 e. The normalized spacial score (nSPS) is 16.7. The van der Waals surface area contributed by atoms with Crippen molar-refractivity contribution in [1.29, 1.82) is 0 Å². The van der Waals surface area contributed by atoms with Crippen LogP contribution in [0.3, 0.4) is 0 Å². The topological polar surface area (TPSA) is 49.4 Å². The predicted octanol–water partition coefficient (Wildman–Crippen LogP) is 4.17. The molecule has 0 radical (unpaired) electrons. The van der Waals surface area contributed by atoms with Crippen molar-refractivity contribution in [3.05, 3.63) is 69.7 Å². The fourth-order valence-corrected chi connectivity index (χ4v) is 4.05. The zero-order valence-corrected chi connectivity index (χ0v) is 17.3. The number of nitrogens with zero attached hydrogens (tertiary/aromatic N) is 1. The highest BCUT2D eigenvalue weighted by Gasteiger charge is 2.28. The molecule has 28 heavy (non-hydrogen) atoms. The molecule has 1 unspecified atom stereocenters. The summed E-state index contributed by atoms with van der Waals surface area (Å²) in [6, 6.07) is 13.6. The lowest BCUT2D eigenvalue weighted by Gasteiger charge is -2.32. The van der Waals surface area contributed by atoms with E-state index >= 15 is 0 Å². The Bertz CT molecular complexity index is 845. The number of likely N-dealkylation sites (tertiary alicyclic amines) is 1. The molecule has 0 aromatic heterocycles. The van der Waals surface area contributed by atoms with Gasteiger partial charge in [0.2, 0.25) is 5.91 Å². The first-order valence-electron chi connectivity index (χ1n) is 9.82. The number of carbonyl (C=O) groups excluding carboxylic acids is 2. The summed E-state index contributed by atoms with van der Waals surface area (Å²) in [7, 11) is 0. The van der Waals surface area contributed by atoms with E-state index in [2.05, 4.69) is 11.4 Å². The molecule has 1 fully saturated rings. The first kappa shape index (κ1) is 20.4. The molecule has 2 aromatic carbocycles. The van der Waals surface area contributed by atoms with Crippen LogP contribution in [-0.4, -0.2) is 36.3 Å². The van der Waals surface area contributed by atoms with E-state index in [0.29, 0.717) is 31.6 Å². The second-order valence-electron chi connectivity index (χ2n) is 7.60. The van der Waals surface area contributed by atoms with Crippen LogP contribution in [0.15, 0.2) is 42.5 Å². The van der Waals surface area contributed by atoms with Crippen molar-refractivity contribution in [2.45, 2.75) is 33.1 Å². The molecule has 1 aliphatic heterocycles. The molecule has 0 bridgehead atoms. The van der Waals surface area contributed by atoms with Gasteiger partial charge in [0.15, 0.2) is 0 Å². The molecule has 3 rings (SSSR count). The van der Waals surface area contributed by atoms with Gasteiger partial charge in [-0.25, -0.2) is 0 Å². The number of piperidine rings is 1. The number of halogens is 1. The highest BCUT2D eigenvalue weighted by Crippen LogP contribution is 2.20. The Hall–Kier alpha value is -2.33. The average molecular weight is 399 g/mol. The third-order valence-corrected chi connectivity index (χ3v) is 5.57. The minimum atomic E-state index is -0.158. The third-order valence-electron chi connectivity index (χ3n) is 5.20. The zero-order valence-electron chi connectivity index (χ0n) is 16.5. The van der Waals surface area contributed by atoms with Crippen LogP contribution < -0.4 is 5.32 Å². The van der Waals surface area contributed by atoms with Gasteiger partial charge in [0, 0.05) is 30.2 Å². The van der Waals surface area contributed by atoms with Crippen LogP contribution in [0.25, 0.3) is 0 Å². The van der Waals surface area contributed by atoms with Crippen LogP contribution >= 0.6 is 11.6 Å². The minimum Gasteiger partial charge on any atom is -0.355 e. The third kappa shape index (κ3) is 5.14. The number of benzene rings is 2. The standard InChI is InChI=1S/C23H27ClN2O2/c1-16-12-17(2)14-20(13-16)23(28)26-11-5-7-19(15-26)22(27)25-10-9-18-6-3-4-8-21(18)24/h3-4,6,8,12-14,19H,5,7,9-11,15H2,1-2H3,(H,25,27). The molecular formula is C23H27ClN2O2. The summed E-state index contributed by atoms with van der Waals surface area (Å²) in [5.41, 5.74) is 3.89. The Morgan fingerprint density at radius 1 is 1.14 bits per heavy atom. The van der Waals surface area contributed by atoms with Gasteiger partial charge in [0.25, 0.3) is 5.91 Å². The van der Waals surface area contributed by atoms with Crippen LogP contribution in [0.5, 0.6) is 0 Å². The van der Waals surface area contributed by atoms with Crippen LogP contribution in [-0.2, 0) is 11.2 Å². The van der Waals surface area contributed by atoms with Gasteiger partial charge in [-0.1, -0.05) is 47.0 Å². The molecule has 2 aromatic rings. The molecule has 4 nitrogen and oxygen atoms in total. The highest BCUT2D eigenvalue weighted by molar-refractivity contribution is 6.31. The average Bonchev–Trinajstić information content (AvgIpc) is 2.68. The van der Waals surface area contributed by atoms with Gasteiger partial charge in [-0.2, -0.15) is 0 Å². The van der Waals surface area contributed by atoms with Crippen molar-refractivity contribution in [2.75, 3.05) is 19.6 Å². The van der Waals surface area contributed by atoms with Crippen molar-refractivity contribution in [1.82, 2.24) is 10.2 Å². The van der Waals surface area contributed by atoms with Gasteiger partial charge in [0.05, 0.1) is 5.92 Å². The van der Waals surface area contributed by atoms with Crippen LogP contribution in [0.4, 0.5) is 0 Å². The molecule has 1 N–H and O–H groups in total. The van der Waals surface area contributed by atoms with Crippen molar-refractivity contribution in [3.8, 4) is 0 Å². The summed E-state index contributed by atoms with van der Waals surface area (Å²) < 4.78 is 0. The summed E-state index contributed by atoms with van der Waals surface area (Å²) in [6.45, 7) is 5.72. The summed E-state index contributed by atoms with van der Waals surface area (Å²) >= 11 is 6.17. The molecule has 0 saturated carbocycles. The first-order chi connectivity index (χ1) is 13.4. The number of nitrogens with one attached hydrogen (secondary N) is 1. The van der Waals surface area contributed by atoms with Crippen molar-refractivity contribution >= 4 is 23.4 Å². The van der Waals surface area contributed by atoms with E-state index in [9.17, 15) is 9.59 Å². The Morgan fingerprint density at radius 2 is 1.86 bits per heavy atom. The lowest BCUT2D eigenvalue weighted by atomic mass is 9.96. The second-order valence-corrected chi connectivity index (χ2v) is 8.01. The van der Waals surface area contributed by atoms with E-state index in [-0.39, 0.29) is 17.7 Å². The lowest BCUT2D eigenvalue weighted by molar-refractivity contribution is -0.126. The first-order valence-corrected chi connectivity index (χ1v) is 10.2. The predicted molar refractivity (Wildman–Crippen MR) is 113 cm³/mol. The van der Waals surface area contributed by atoms with E-state index < -0.39 is 0 Å². The van der Waals surface area contributed by atoms with Gasteiger partial charge >= 0.3 is 0 Å². The van der Waals surface area contributed by atoms with Crippen molar-refractivity contribution < 1.29 is 9.59 Å². The number of amides is 2. The molecule has 0 spiro atoms. The molecule has 1 atom stereocenters. The van der Waals surface area contributed by atoms with Crippen molar-refractivity contribution in [2.24, 2.45) is 5.92 Å². The summed E-state index contributed by atoms with van der Waals surface area (Å²) in [4.78, 5) is 27.3. The monoisotopic (exact) mass is 398 g/mol. The van der Waals surface area contributed by atoms with Crippen LogP contribution in [0.1, 0.15) is 39.9 Å². The maximum absolute atomic E-state index is 12.9. The van der Waals surface area contributed by atoms with Crippen LogP contribution in [0.2, 0.25) is 5.02 Å². The van der Waals surface area contributed by atoms with Crippen LogP contribution in [0, 0.1) is 19.8 Å². The molecule has 1 heterocycles. The summed E-state index contributed by atoms with van der Waals surface area (Å²) in [5.74, 6) is -0.125. The summed E-state index contributed by atoms with van der Waals surface area (Å²) in [5, 5.41) is 3.73. The number of carbonyl (C=O) groups is 2. The molecular weight excluding hydrogens is 372 g/mol. The van der Waals surface area contributed by atoms with Crippen molar-refractivity contribution in [3.63, 3.8) is 0 Å². The maximum atomic E-state index is 12.9. The zero-order chi connectivity index (χ0) is 20.1. The maximum Gasteiger partial charge on any atom is 0.253 e. The Kier molecular flexibility index (Phi) is 6.74. The van der Waals surface area contributed by atoms with E-state index in [1.165, 1.54) is 0 Å². The van der Waals surface area contributed by atoms with E-state index in [1.807, 2.05) is 55.1 Å². The Labute approximate surface area is 171 Å². The largest absolute Gasteiger partial charge is 0.355 e. The molecule has 2 amide bonds. The van der Waals surface area contributed by atoms with Gasteiger partial charge < -0.3 is 10.2 Å². The fourth-order valence-electron chi connectivity index (χ4n) is 3.82. The molecule has 0 aliphatic carbocycles. The highest BCUT2D eigenvalue weighted by atomic mass is 35.5. The molecule has 5 heteroatoms. The van der Waals surface area contributed by atoms with E-state index in [0.717, 1.165) is 34.6 Å².